The molecule has 0 aliphatic carbocycles. The summed E-state index contributed by atoms with van der Waals surface area (Å²) in [5.74, 6) is -0.380. The highest BCUT2D eigenvalue weighted by Crippen LogP contribution is 2.07. The third kappa shape index (κ3) is 7.47. The lowest BCUT2D eigenvalue weighted by molar-refractivity contribution is -0.139. The number of carbonyl (C=O) groups is 1. The quantitative estimate of drug-likeness (QED) is 0.395. The average Bonchev–Trinajstić information content (AvgIpc) is 2.39. The number of allylic oxidation sites excluding steroid dienone is 3. The largest absolute Gasteiger partial charge is 0.460 e. The maximum absolute atomic E-state index is 11.3. The SMILES string of the molecule is C=C(C)C(=O)OCCN(CCO)C(/C=C\CC)=C/C. The van der Waals surface area contributed by atoms with Crippen LogP contribution in [-0.2, 0) is 9.53 Å². The predicted octanol–water partition coefficient (Wildman–Crippen LogP) is 2.27. The van der Waals surface area contributed by atoms with Crippen molar-refractivity contribution in [3.8, 4) is 0 Å². The third-order valence-electron chi connectivity index (χ3n) is 2.50. The number of hydrogen-bond donors (Lipinski definition) is 1. The van der Waals surface area contributed by atoms with E-state index >= 15 is 0 Å². The van der Waals surface area contributed by atoms with Gasteiger partial charge in [-0.1, -0.05) is 25.7 Å². The summed E-state index contributed by atoms with van der Waals surface area (Å²) in [6, 6.07) is 0. The zero-order valence-corrected chi connectivity index (χ0v) is 12.2. The molecule has 0 radical (unpaired) electrons. The Balaban J connectivity index is 4.43. The van der Waals surface area contributed by atoms with Crippen molar-refractivity contribution in [2.75, 3.05) is 26.3 Å². The Morgan fingerprint density at radius 3 is 2.58 bits per heavy atom. The molecule has 0 aromatic carbocycles. The molecule has 0 aromatic rings. The van der Waals surface area contributed by atoms with Crippen molar-refractivity contribution in [3.63, 3.8) is 0 Å². The van der Waals surface area contributed by atoms with Gasteiger partial charge in [-0.05, 0) is 26.3 Å². The van der Waals surface area contributed by atoms with E-state index in [9.17, 15) is 4.79 Å². The summed E-state index contributed by atoms with van der Waals surface area (Å²) < 4.78 is 5.07. The van der Waals surface area contributed by atoms with E-state index in [0.717, 1.165) is 12.1 Å². The summed E-state index contributed by atoms with van der Waals surface area (Å²) in [5, 5.41) is 9.09. The summed E-state index contributed by atoms with van der Waals surface area (Å²) >= 11 is 0. The molecule has 0 spiro atoms. The summed E-state index contributed by atoms with van der Waals surface area (Å²) in [6.45, 7) is 10.6. The van der Waals surface area contributed by atoms with Crippen LogP contribution in [0, 0.1) is 0 Å². The van der Waals surface area contributed by atoms with Gasteiger partial charge in [0.1, 0.15) is 6.61 Å². The molecule has 0 saturated heterocycles. The van der Waals surface area contributed by atoms with E-state index in [-0.39, 0.29) is 19.2 Å². The van der Waals surface area contributed by atoms with Gasteiger partial charge in [-0.2, -0.15) is 0 Å². The van der Waals surface area contributed by atoms with E-state index in [1.165, 1.54) is 0 Å². The van der Waals surface area contributed by atoms with Gasteiger partial charge >= 0.3 is 5.97 Å². The van der Waals surface area contributed by atoms with Crippen LogP contribution in [0.1, 0.15) is 27.2 Å². The second-order valence-corrected chi connectivity index (χ2v) is 4.15. The third-order valence-corrected chi connectivity index (χ3v) is 2.50. The Bertz CT molecular complexity index is 345. The number of aliphatic hydroxyl groups is 1. The first-order chi connectivity index (χ1) is 9.06. The first kappa shape index (κ1) is 17.4. The fraction of sp³-hybridized carbons (Fsp3) is 0.533. The van der Waals surface area contributed by atoms with Crippen LogP contribution >= 0.6 is 0 Å². The van der Waals surface area contributed by atoms with Crippen molar-refractivity contribution >= 4 is 5.97 Å². The zero-order chi connectivity index (χ0) is 14.7. The molecule has 0 heterocycles. The van der Waals surface area contributed by atoms with Crippen LogP contribution in [0.15, 0.2) is 36.1 Å². The Kier molecular flexibility index (Phi) is 9.53. The highest BCUT2D eigenvalue weighted by molar-refractivity contribution is 5.86. The average molecular weight is 267 g/mol. The molecule has 0 bridgehead atoms. The van der Waals surface area contributed by atoms with E-state index in [4.69, 9.17) is 9.84 Å². The van der Waals surface area contributed by atoms with Gasteiger partial charge in [0.25, 0.3) is 0 Å². The lowest BCUT2D eigenvalue weighted by atomic mass is 10.3. The first-order valence-corrected chi connectivity index (χ1v) is 6.58. The topological polar surface area (TPSA) is 49.8 Å². The summed E-state index contributed by atoms with van der Waals surface area (Å²) in [4.78, 5) is 13.3. The van der Waals surface area contributed by atoms with E-state index in [1.807, 2.05) is 24.0 Å². The Labute approximate surface area is 116 Å². The summed E-state index contributed by atoms with van der Waals surface area (Å²) in [5.41, 5.74) is 1.41. The van der Waals surface area contributed by atoms with Crippen LogP contribution in [0.25, 0.3) is 0 Å². The maximum atomic E-state index is 11.3. The van der Waals surface area contributed by atoms with E-state index in [0.29, 0.717) is 18.7 Å². The monoisotopic (exact) mass is 267 g/mol. The fourth-order valence-electron chi connectivity index (χ4n) is 1.49. The molecular formula is C15H25NO3. The van der Waals surface area contributed by atoms with Crippen molar-refractivity contribution in [1.29, 1.82) is 0 Å². The van der Waals surface area contributed by atoms with E-state index in [2.05, 4.69) is 19.6 Å². The van der Waals surface area contributed by atoms with Crippen LogP contribution in [0.5, 0.6) is 0 Å². The zero-order valence-electron chi connectivity index (χ0n) is 12.2. The fourth-order valence-corrected chi connectivity index (χ4v) is 1.49. The van der Waals surface area contributed by atoms with Crippen LogP contribution in [0.3, 0.4) is 0 Å². The number of aliphatic hydroxyl groups excluding tert-OH is 1. The molecule has 0 saturated carbocycles. The Morgan fingerprint density at radius 1 is 1.42 bits per heavy atom. The van der Waals surface area contributed by atoms with Gasteiger partial charge in [0.2, 0.25) is 0 Å². The molecule has 19 heavy (non-hydrogen) atoms. The van der Waals surface area contributed by atoms with Crippen molar-refractivity contribution in [1.82, 2.24) is 4.90 Å². The molecule has 0 fully saturated rings. The molecule has 108 valence electrons. The molecule has 0 unspecified atom stereocenters. The van der Waals surface area contributed by atoms with Crippen LogP contribution in [-0.4, -0.2) is 42.3 Å². The predicted molar refractivity (Wildman–Crippen MR) is 77.6 cm³/mol. The van der Waals surface area contributed by atoms with Gasteiger partial charge in [-0.25, -0.2) is 4.79 Å². The minimum atomic E-state index is -0.380. The molecule has 0 aliphatic rings. The van der Waals surface area contributed by atoms with Crippen molar-refractivity contribution in [2.24, 2.45) is 0 Å². The Hall–Kier alpha value is -1.55. The first-order valence-electron chi connectivity index (χ1n) is 6.58. The summed E-state index contributed by atoms with van der Waals surface area (Å²) in [6.07, 6.45) is 6.99. The van der Waals surface area contributed by atoms with Crippen molar-refractivity contribution < 1.29 is 14.6 Å². The highest BCUT2D eigenvalue weighted by Gasteiger charge is 2.08. The van der Waals surface area contributed by atoms with Crippen LogP contribution in [0.4, 0.5) is 0 Å². The lowest BCUT2D eigenvalue weighted by Gasteiger charge is -2.24. The highest BCUT2D eigenvalue weighted by atomic mass is 16.5. The van der Waals surface area contributed by atoms with Gasteiger partial charge in [-0.3, -0.25) is 0 Å². The van der Waals surface area contributed by atoms with Gasteiger partial charge in [-0.15, -0.1) is 0 Å². The van der Waals surface area contributed by atoms with Crippen LogP contribution < -0.4 is 0 Å². The lowest BCUT2D eigenvalue weighted by Crippen LogP contribution is -2.30. The number of esters is 1. The molecule has 4 heteroatoms. The van der Waals surface area contributed by atoms with Crippen molar-refractivity contribution in [3.05, 3.63) is 36.1 Å². The van der Waals surface area contributed by atoms with E-state index < -0.39 is 0 Å². The number of ether oxygens (including phenoxy) is 1. The number of hydrogen-bond acceptors (Lipinski definition) is 4. The van der Waals surface area contributed by atoms with Gasteiger partial charge < -0.3 is 14.7 Å². The summed E-state index contributed by atoms with van der Waals surface area (Å²) in [7, 11) is 0. The minimum absolute atomic E-state index is 0.0612. The number of carbonyl (C=O) groups excluding carboxylic acids is 1. The molecule has 1 N–H and O–H groups in total. The second-order valence-electron chi connectivity index (χ2n) is 4.15. The number of rotatable bonds is 9. The minimum Gasteiger partial charge on any atom is -0.460 e. The molecule has 0 amide bonds. The van der Waals surface area contributed by atoms with Gasteiger partial charge in [0.15, 0.2) is 0 Å². The van der Waals surface area contributed by atoms with E-state index in [1.54, 1.807) is 6.92 Å². The molecular weight excluding hydrogens is 242 g/mol. The standard InChI is InChI=1S/C15H25NO3/c1-5-7-8-14(6-2)16(9-11-17)10-12-19-15(18)13(3)4/h6-8,17H,3,5,9-12H2,1-2,4H3/b8-7-,14-6+. The van der Waals surface area contributed by atoms with Crippen molar-refractivity contribution in [2.45, 2.75) is 27.2 Å². The maximum Gasteiger partial charge on any atom is 0.333 e. The Morgan fingerprint density at radius 2 is 2.11 bits per heavy atom. The van der Waals surface area contributed by atoms with Gasteiger partial charge in [0, 0.05) is 17.8 Å². The molecule has 0 aliphatic heterocycles. The molecule has 0 aromatic heterocycles. The molecule has 4 nitrogen and oxygen atoms in total. The number of nitrogens with zero attached hydrogens (tertiary/aromatic N) is 1. The second kappa shape index (κ2) is 10.4. The normalized spacial score (nSPS) is 11.7. The smallest absolute Gasteiger partial charge is 0.333 e. The molecule has 0 atom stereocenters. The molecule has 0 rings (SSSR count). The van der Waals surface area contributed by atoms with Gasteiger partial charge in [0.05, 0.1) is 13.2 Å². The van der Waals surface area contributed by atoms with Crippen LogP contribution in [0.2, 0.25) is 0 Å².